The predicted molar refractivity (Wildman–Crippen MR) is 94.8 cm³/mol. The Kier molecular flexibility index (Phi) is 6.19. The summed E-state index contributed by atoms with van der Waals surface area (Å²) >= 11 is 5.46. The Hall–Kier alpha value is -1.62. The second-order valence-corrected chi connectivity index (χ2v) is 6.22. The standard InChI is InChI=1S/C17H25N3OS/c1-2-3-6-13-8-10-14(11-9-13)19-17(22)20-12-5-4-7-15(20)16(18)21/h8-11,15H,2-7,12H2,1H3,(H2,18,21)(H,19,22)/t15-/m0/s1. The number of rotatable bonds is 5. The normalized spacial score (nSPS) is 18.0. The van der Waals surface area contributed by atoms with E-state index in [1.54, 1.807) is 0 Å². The fraction of sp³-hybridized carbons (Fsp3) is 0.529. The minimum atomic E-state index is -0.293. The topological polar surface area (TPSA) is 58.4 Å². The van der Waals surface area contributed by atoms with Crippen LogP contribution in [-0.4, -0.2) is 28.5 Å². The summed E-state index contributed by atoms with van der Waals surface area (Å²) in [7, 11) is 0. The molecule has 3 N–H and O–H groups in total. The van der Waals surface area contributed by atoms with Crippen LogP contribution in [0.1, 0.15) is 44.6 Å². The van der Waals surface area contributed by atoms with E-state index in [1.165, 1.54) is 18.4 Å². The molecule has 0 unspecified atom stereocenters. The quantitative estimate of drug-likeness (QED) is 0.819. The first-order valence-electron chi connectivity index (χ1n) is 8.07. The van der Waals surface area contributed by atoms with Crippen molar-refractivity contribution in [3.63, 3.8) is 0 Å². The molecule has 0 saturated carbocycles. The number of unbranched alkanes of at least 4 members (excludes halogenated alkanes) is 1. The Morgan fingerprint density at radius 3 is 2.73 bits per heavy atom. The first-order valence-corrected chi connectivity index (χ1v) is 8.48. The molecule has 1 amide bonds. The average Bonchev–Trinajstić information content (AvgIpc) is 2.54. The number of anilines is 1. The zero-order valence-corrected chi connectivity index (χ0v) is 14.0. The number of carbonyl (C=O) groups is 1. The molecule has 5 heteroatoms. The van der Waals surface area contributed by atoms with Gasteiger partial charge in [-0.05, 0) is 62.0 Å². The second-order valence-electron chi connectivity index (χ2n) is 5.84. The van der Waals surface area contributed by atoms with Gasteiger partial charge in [-0.25, -0.2) is 0 Å². The number of benzene rings is 1. The number of nitrogens with zero attached hydrogens (tertiary/aromatic N) is 1. The number of carbonyl (C=O) groups excluding carboxylic acids is 1. The zero-order valence-electron chi connectivity index (χ0n) is 13.2. The van der Waals surface area contributed by atoms with Crippen molar-refractivity contribution in [1.82, 2.24) is 4.90 Å². The minimum absolute atomic E-state index is 0.280. The van der Waals surface area contributed by atoms with E-state index in [1.807, 2.05) is 17.0 Å². The number of hydrogen-bond acceptors (Lipinski definition) is 2. The highest BCUT2D eigenvalue weighted by atomic mass is 32.1. The number of nitrogens with one attached hydrogen (secondary N) is 1. The molecule has 1 heterocycles. The molecule has 4 nitrogen and oxygen atoms in total. The number of hydrogen-bond donors (Lipinski definition) is 2. The molecule has 1 aromatic rings. The van der Waals surface area contributed by atoms with Crippen LogP contribution in [0.15, 0.2) is 24.3 Å². The lowest BCUT2D eigenvalue weighted by molar-refractivity contribution is -0.122. The SMILES string of the molecule is CCCCc1ccc(NC(=S)N2CCCC[C@H]2C(N)=O)cc1. The predicted octanol–water partition coefficient (Wildman–Crippen LogP) is 3.07. The Morgan fingerprint density at radius 1 is 1.36 bits per heavy atom. The van der Waals surface area contributed by atoms with E-state index >= 15 is 0 Å². The number of likely N-dealkylation sites (tertiary alicyclic amines) is 1. The van der Waals surface area contributed by atoms with Crippen molar-refractivity contribution in [2.45, 2.75) is 51.5 Å². The van der Waals surface area contributed by atoms with Crippen LogP contribution in [0.2, 0.25) is 0 Å². The third-order valence-corrected chi connectivity index (χ3v) is 4.45. The van der Waals surface area contributed by atoms with Crippen molar-refractivity contribution in [3.05, 3.63) is 29.8 Å². The summed E-state index contributed by atoms with van der Waals surface area (Å²) in [6.45, 7) is 2.98. The minimum Gasteiger partial charge on any atom is -0.368 e. The van der Waals surface area contributed by atoms with Crippen LogP contribution in [-0.2, 0) is 11.2 Å². The van der Waals surface area contributed by atoms with E-state index in [0.717, 1.165) is 37.9 Å². The summed E-state index contributed by atoms with van der Waals surface area (Å²) in [4.78, 5) is 13.5. The van der Waals surface area contributed by atoms with E-state index in [4.69, 9.17) is 18.0 Å². The Labute approximate surface area is 138 Å². The number of nitrogens with two attached hydrogens (primary N) is 1. The summed E-state index contributed by atoms with van der Waals surface area (Å²) < 4.78 is 0. The van der Waals surface area contributed by atoms with E-state index in [0.29, 0.717) is 5.11 Å². The molecule has 1 saturated heterocycles. The maximum atomic E-state index is 11.6. The van der Waals surface area contributed by atoms with Crippen LogP contribution in [0.3, 0.4) is 0 Å². The molecule has 1 fully saturated rings. The van der Waals surface area contributed by atoms with Gasteiger partial charge in [0.1, 0.15) is 6.04 Å². The largest absolute Gasteiger partial charge is 0.368 e. The molecule has 120 valence electrons. The van der Waals surface area contributed by atoms with E-state index < -0.39 is 0 Å². The van der Waals surface area contributed by atoms with Crippen molar-refractivity contribution < 1.29 is 4.79 Å². The van der Waals surface area contributed by atoms with Crippen LogP contribution >= 0.6 is 12.2 Å². The monoisotopic (exact) mass is 319 g/mol. The molecule has 0 radical (unpaired) electrons. The highest BCUT2D eigenvalue weighted by molar-refractivity contribution is 7.80. The third-order valence-electron chi connectivity index (χ3n) is 4.12. The van der Waals surface area contributed by atoms with Gasteiger partial charge in [0, 0.05) is 12.2 Å². The van der Waals surface area contributed by atoms with Gasteiger partial charge < -0.3 is 16.0 Å². The summed E-state index contributed by atoms with van der Waals surface area (Å²) in [6, 6.07) is 8.06. The molecule has 0 aromatic heterocycles. The molecule has 1 aliphatic heterocycles. The molecule has 2 rings (SSSR count). The number of thiocarbonyl (C=S) groups is 1. The van der Waals surface area contributed by atoms with Crippen molar-refractivity contribution in [2.24, 2.45) is 5.73 Å². The maximum Gasteiger partial charge on any atom is 0.240 e. The molecule has 1 aromatic carbocycles. The first kappa shape index (κ1) is 16.7. The van der Waals surface area contributed by atoms with Crippen molar-refractivity contribution in [1.29, 1.82) is 0 Å². The van der Waals surface area contributed by atoms with Crippen LogP contribution in [0.5, 0.6) is 0 Å². The number of primary amides is 1. The maximum absolute atomic E-state index is 11.6. The fourth-order valence-electron chi connectivity index (χ4n) is 2.80. The van der Waals surface area contributed by atoms with Gasteiger partial charge in [0.25, 0.3) is 0 Å². The number of piperidine rings is 1. The van der Waals surface area contributed by atoms with Crippen LogP contribution < -0.4 is 11.1 Å². The Bertz CT molecular complexity index is 515. The van der Waals surface area contributed by atoms with E-state index in [9.17, 15) is 4.79 Å². The molecule has 22 heavy (non-hydrogen) atoms. The Morgan fingerprint density at radius 2 is 2.09 bits per heavy atom. The lowest BCUT2D eigenvalue weighted by Gasteiger charge is -2.35. The van der Waals surface area contributed by atoms with Gasteiger partial charge in [-0.1, -0.05) is 25.5 Å². The van der Waals surface area contributed by atoms with Crippen LogP contribution in [0.4, 0.5) is 5.69 Å². The van der Waals surface area contributed by atoms with Gasteiger partial charge in [-0.3, -0.25) is 4.79 Å². The smallest absolute Gasteiger partial charge is 0.240 e. The lowest BCUT2D eigenvalue weighted by atomic mass is 10.0. The molecule has 1 aliphatic rings. The highest BCUT2D eigenvalue weighted by Gasteiger charge is 2.28. The molecule has 0 spiro atoms. The zero-order chi connectivity index (χ0) is 15.9. The van der Waals surface area contributed by atoms with Crippen molar-refractivity contribution in [2.75, 3.05) is 11.9 Å². The molecule has 1 atom stereocenters. The highest BCUT2D eigenvalue weighted by Crippen LogP contribution is 2.19. The van der Waals surface area contributed by atoms with Gasteiger partial charge in [0.05, 0.1) is 0 Å². The summed E-state index contributed by atoms with van der Waals surface area (Å²) in [5.74, 6) is -0.293. The van der Waals surface area contributed by atoms with Gasteiger partial charge >= 0.3 is 0 Å². The summed E-state index contributed by atoms with van der Waals surface area (Å²) in [5.41, 5.74) is 7.78. The van der Waals surface area contributed by atoms with Gasteiger partial charge in [-0.2, -0.15) is 0 Å². The summed E-state index contributed by atoms with van der Waals surface area (Å²) in [5, 5.41) is 3.82. The van der Waals surface area contributed by atoms with Gasteiger partial charge in [0.15, 0.2) is 5.11 Å². The Balaban J connectivity index is 1.96. The van der Waals surface area contributed by atoms with Gasteiger partial charge in [0.2, 0.25) is 5.91 Å². The first-order chi connectivity index (χ1) is 10.6. The molecular formula is C17H25N3OS. The molecule has 0 aliphatic carbocycles. The van der Waals surface area contributed by atoms with E-state index in [-0.39, 0.29) is 11.9 Å². The number of aryl methyl sites for hydroxylation is 1. The molecular weight excluding hydrogens is 294 g/mol. The van der Waals surface area contributed by atoms with Crippen LogP contribution in [0, 0.1) is 0 Å². The van der Waals surface area contributed by atoms with Crippen LogP contribution in [0.25, 0.3) is 0 Å². The molecule has 0 bridgehead atoms. The van der Waals surface area contributed by atoms with E-state index in [2.05, 4.69) is 24.4 Å². The number of amides is 1. The lowest BCUT2D eigenvalue weighted by Crippen LogP contribution is -2.51. The third kappa shape index (κ3) is 4.44. The fourth-order valence-corrected chi connectivity index (χ4v) is 3.14. The van der Waals surface area contributed by atoms with Gasteiger partial charge in [-0.15, -0.1) is 0 Å². The van der Waals surface area contributed by atoms with Crippen molar-refractivity contribution >= 4 is 28.9 Å². The average molecular weight is 319 g/mol. The summed E-state index contributed by atoms with van der Waals surface area (Å²) in [6.07, 6.45) is 6.37. The van der Waals surface area contributed by atoms with Crippen molar-refractivity contribution in [3.8, 4) is 0 Å². The second kappa shape index (κ2) is 8.13.